The second-order valence-electron chi connectivity index (χ2n) is 4.89. The van der Waals surface area contributed by atoms with Crippen LogP contribution < -0.4 is 25.4 Å². The smallest absolute Gasteiger partial charge is 0.256 e. The zero-order valence-electron chi connectivity index (χ0n) is 13.9. The van der Waals surface area contributed by atoms with E-state index in [-0.39, 0.29) is 6.61 Å². The lowest BCUT2D eigenvalue weighted by Crippen LogP contribution is -2.29. The van der Waals surface area contributed by atoms with E-state index in [4.69, 9.17) is 9.47 Å². The van der Waals surface area contributed by atoms with Gasteiger partial charge in [0.1, 0.15) is 18.5 Å². The molecule has 0 spiro atoms. The fraction of sp³-hybridized carbons (Fsp3) is 0.400. The molecule has 4 N–H and O–H groups in total. The number of methoxy groups -OCH3 is 1. The highest BCUT2D eigenvalue weighted by Crippen LogP contribution is 2.28. The lowest BCUT2D eigenvalue weighted by molar-refractivity contribution is 0.106. The minimum Gasteiger partial charge on any atom is -0.485 e. The third kappa shape index (κ3) is 4.93. The SMILES string of the molecule is CNC[C@@H](O)COc1cc(Nc2nccc(NC)n2)cnc1OC. The number of pyridine rings is 1. The first-order valence-electron chi connectivity index (χ1n) is 7.43. The van der Waals surface area contributed by atoms with Crippen LogP contribution in [0.5, 0.6) is 11.6 Å². The van der Waals surface area contributed by atoms with Crippen LogP contribution in [0.2, 0.25) is 0 Å². The Bertz CT molecular complexity index is 655. The Morgan fingerprint density at radius 1 is 1.29 bits per heavy atom. The van der Waals surface area contributed by atoms with Gasteiger partial charge in [0, 0.05) is 25.9 Å². The van der Waals surface area contributed by atoms with Gasteiger partial charge in [-0.3, -0.25) is 0 Å². The summed E-state index contributed by atoms with van der Waals surface area (Å²) in [5.74, 6) is 1.88. The number of hydrogen-bond acceptors (Lipinski definition) is 9. The summed E-state index contributed by atoms with van der Waals surface area (Å²) in [6.07, 6.45) is 2.60. The average Bonchev–Trinajstić information content (AvgIpc) is 2.60. The van der Waals surface area contributed by atoms with Crippen molar-refractivity contribution >= 4 is 17.5 Å². The Kier molecular flexibility index (Phi) is 6.52. The Balaban J connectivity index is 2.11. The fourth-order valence-electron chi connectivity index (χ4n) is 1.92. The summed E-state index contributed by atoms with van der Waals surface area (Å²) in [4.78, 5) is 12.6. The summed E-state index contributed by atoms with van der Waals surface area (Å²) in [6.45, 7) is 0.548. The van der Waals surface area contributed by atoms with E-state index < -0.39 is 6.10 Å². The van der Waals surface area contributed by atoms with Gasteiger partial charge in [0.2, 0.25) is 5.95 Å². The van der Waals surface area contributed by atoms with E-state index in [0.717, 1.165) is 0 Å². The van der Waals surface area contributed by atoms with Crippen LogP contribution in [-0.2, 0) is 0 Å². The number of ether oxygens (including phenoxy) is 2. The van der Waals surface area contributed by atoms with Gasteiger partial charge >= 0.3 is 0 Å². The van der Waals surface area contributed by atoms with Gasteiger partial charge in [-0.2, -0.15) is 4.98 Å². The maximum Gasteiger partial charge on any atom is 0.256 e. The number of aliphatic hydroxyl groups is 1. The molecule has 130 valence electrons. The second-order valence-corrected chi connectivity index (χ2v) is 4.89. The summed E-state index contributed by atoms with van der Waals surface area (Å²) in [6, 6.07) is 3.47. The molecule has 0 radical (unpaired) electrons. The molecule has 0 aliphatic carbocycles. The zero-order chi connectivity index (χ0) is 17.4. The number of nitrogens with zero attached hydrogens (tertiary/aromatic N) is 3. The predicted octanol–water partition coefficient (Wildman–Crippen LogP) is 0.625. The molecule has 9 heteroatoms. The quantitative estimate of drug-likeness (QED) is 0.524. The molecule has 2 aromatic heterocycles. The van der Waals surface area contributed by atoms with Crippen molar-refractivity contribution in [1.82, 2.24) is 20.3 Å². The molecule has 0 saturated heterocycles. The third-order valence-corrected chi connectivity index (χ3v) is 3.05. The Morgan fingerprint density at radius 2 is 2.12 bits per heavy atom. The molecule has 0 aliphatic heterocycles. The summed E-state index contributed by atoms with van der Waals surface area (Å²) < 4.78 is 10.8. The Hall–Kier alpha value is -2.65. The van der Waals surface area contributed by atoms with Crippen LogP contribution in [0, 0.1) is 0 Å². The molecule has 9 nitrogen and oxygen atoms in total. The average molecular weight is 334 g/mol. The Labute approximate surface area is 140 Å². The molecule has 0 aliphatic rings. The van der Waals surface area contributed by atoms with Gasteiger partial charge in [-0.05, 0) is 13.1 Å². The van der Waals surface area contributed by atoms with E-state index in [2.05, 4.69) is 30.9 Å². The monoisotopic (exact) mass is 334 g/mol. The number of likely N-dealkylation sites (N-methyl/N-ethyl adjacent to an activating group) is 1. The number of anilines is 3. The van der Waals surface area contributed by atoms with Gasteiger partial charge in [0.25, 0.3) is 5.88 Å². The minimum absolute atomic E-state index is 0.119. The van der Waals surface area contributed by atoms with Crippen molar-refractivity contribution in [2.75, 3.05) is 45.0 Å². The van der Waals surface area contributed by atoms with Crippen molar-refractivity contribution in [2.24, 2.45) is 0 Å². The number of rotatable bonds is 9. The molecule has 0 bridgehead atoms. The van der Waals surface area contributed by atoms with Crippen molar-refractivity contribution in [2.45, 2.75) is 6.10 Å². The number of aliphatic hydroxyl groups excluding tert-OH is 1. The third-order valence-electron chi connectivity index (χ3n) is 3.05. The highest BCUT2D eigenvalue weighted by molar-refractivity contribution is 5.57. The van der Waals surface area contributed by atoms with E-state index in [1.54, 1.807) is 38.6 Å². The standard InChI is InChI=1S/C15H22N6O3/c1-16-8-11(22)9-24-12-6-10(7-19-14(12)23-3)20-15-18-5-4-13(17-2)21-15/h4-7,11,16,22H,8-9H2,1-3H3,(H2,17,18,20,21)/t11-/m1/s1. The highest BCUT2D eigenvalue weighted by Gasteiger charge is 2.11. The van der Waals surface area contributed by atoms with Crippen molar-refractivity contribution in [3.05, 3.63) is 24.5 Å². The molecular formula is C15H22N6O3. The normalized spacial score (nSPS) is 11.7. The summed E-state index contributed by atoms with van der Waals surface area (Å²) >= 11 is 0. The molecule has 0 amide bonds. The lowest BCUT2D eigenvalue weighted by Gasteiger charge is -2.14. The van der Waals surface area contributed by atoms with E-state index in [9.17, 15) is 5.11 Å². The molecule has 1 atom stereocenters. The first-order chi connectivity index (χ1) is 11.7. The molecule has 0 aromatic carbocycles. The van der Waals surface area contributed by atoms with Gasteiger partial charge in [-0.1, -0.05) is 0 Å². The van der Waals surface area contributed by atoms with Crippen LogP contribution in [0.15, 0.2) is 24.5 Å². The molecule has 2 rings (SSSR count). The van der Waals surface area contributed by atoms with Crippen LogP contribution in [-0.4, -0.2) is 60.5 Å². The molecule has 0 saturated carbocycles. The molecule has 0 unspecified atom stereocenters. The molecule has 24 heavy (non-hydrogen) atoms. The molecule has 2 heterocycles. The molecular weight excluding hydrogens is 312 g/mol. The topological polar surface area (TPSA) is 113 Å². The largest absolute Gasteiger partial charge is 0.485 e. The number of nitrogens with one attached hydrogen (secondary N) is 3. The summed E-state index contributed by atoms with van der Waals surface area (Å²) in [7, 11) is 5.05. The summed E-state index contributed by atoms with van der Waals surface area (Å²) in [5.41, 5.74) is 0.641. The number of aromatic nitrogens is 3. The maximum absolute atomic E-state index is 9.74. The van der Waals surface area contributed by atoms with Crippen LogP contribution >= 0.6 is 0 Å². The van der Waals surface area contributed by atoms with Gasteiger partial charge in [0.05, 0.1) is 19.0 Å². The van der Waals surface area contributed by atoms with Crippen LogP contribution in [0.1, 0.15) is 0 Å². The molecule has 0 fully saturated rings. The van der Waals surface area contributed by atoms with Crippen molar-refractivity contribution in [3.8, 4) is 11.6 Å². The minimum atomic E-state index is -0.632. The molecule has 2 aromatic rings. The summed E-state index contributed by atoms with van der Waals surface area (Å²) in [5, 5.41) is 18.6. The van der Waals surface area contributed by atoms with Crippen molar-refractivity contribution in [1.29, 1.82) is 0 Å². The highest BCUT2D eigenvalue weighted by atomic mass is 16.5. The van der Waals surface area contributed by atoms with Crippen molar-refractivity contribution in [3.63, 3.8) is 0 Å². The van der Waals surface area contributed by atoms with Gasteiger partial charge in [0.15, 0.2) is 5.75 Å². The van der Waals surface area contributed by atoms with Gasteiger partial charge in [-0.25, -0.2) is 9.97 Å². The second kappa shape index (κ2) is 8.85. The Morgan fingerprint density at radius 3 is 2.83 bits per heavy atom. The predicted molar refractivity (Wildman–Crippen MR) is 91.1 cm³/mol. The fourth-order valence-corrected chi connectivity index (χ4v) is 1.92. The number of hydrogen-bond donors (Lipinski definition) is 4. The van der Waals surface area contributed by atoms with E-state index >= 15 is 0 Å². The van der Waals surface area contributed by atoms with E-state index in [1.807, 2.05) is 0 Å². The van der Waals surface area contributed by atoms with E-state index in [0.29, 0.717) is 35.6 Å². The maximum atomic E-state index is 9.74. The van der Waals surface area contributed by atoms with Crippen LogP contribution in [0.25, 0.3) is 0 Å². The van der Waals surface area contributed by atoms with Gasteiger partial charge in [-0.15, -0.1) is 0 Å². The zero-order valence-corrected chi connectivity index (χ0v) is 13.9. The van der Waals surface area contributed by atoms with Crippen LogP contribution in [0.4, 0.5) is 17.5 Å². The van der Waals surface area contributed by atoms with E-state index in [1.165, 1.54) is 7.11 Å². The first-order valence-corrected chi connectivity index (χ1v) is 7.43. The first kappa shape index (κ1) is 17.7. The van der Waals surface area contributed by atoms with Gasteiger partial charge < -0.3 is 30.5 Å². The van der Waals surface area contributed by atoms with Crippen molar-refractivity contribution < 1.29 is 14.6 Å². The lowest BCUT2D eigenvalue weighted by atomic mass is 10.3. The van der Waals surface area contributed by atoms with Crippen LogP contribution in [0.3, 0.4) is 0 Å².